The number of allylic oxidation sites excluding steroid dienone is 1. The van der Waals surface area contributed by atoms with E-state index in [0.717, 1.165) is 6.08 Å². The van der Waals surface area contributed by atoms with E-state index in [0.29, 0.717) is 0 Å². The molecule has 0 radical (unpaired) electrons. The summed E-state index contributed by atoms with van der Waals surface area (Å²) in [5, 5.41) is 25.0. The number of Topliss-reactive ketones (excluding diaryl/α,β-unsaturated/α-hetero) is 1. The van der Waals surface area contributed by atoms with Crippen LogP contribution in [0.1, 0.15) is 12.8 Å². The Labute approximate surface area is 83.6 Å². The number of carboxylic acids is 3. The molecule has 0 saturated heterocycles. The molecular formula is C8H8O7. The van der Waals surface area contributed by atoms with Crippen molar-refractivity contribution < 1.29 is 34.5 Å². The number of carbonyl (C=O) groups excluding carboxylic acids is 1. The molecule has 0 fully saturated rings. The summed E-state index contributed by atoms with van der Waals surface area (Å²) in [5.41, 5.74) is -0.517. The molecule has 0 heterocycles. The third kappa shape index (κ3) is 5.19. The molecule has 15 heavy (non-hydrogen) atoms. The summed E-state index contributed by atoms with van der Waals surface area (Å²) in [4.78, 5) is 41.2. The molecule has 0 atom stereocenters. The smallest absolute Gasteiger partial charge is 0.372 e. The number of hydrogen-bond acceptors (Lipinski definition) is 4. The van der Waals surface area contributed by atoms with Crippen molar-refractivity contribution in [2.24, 2.45) is 0 Å². The summed E-state index contributed by atoms with van der Waals surface area (Å²) in [6.07, 6.45) is -0.612. The van der Waals surface area contributed by atoms with Gasteiger partial charge in [-0.3, -0.25) is 9.59 Å². The van der Waals surface area contributed by atoms with E-state index in [1.165, 1.54) is 0 Å². The molecule has 0 unspecified atom stereocenters. The lowest BCUT2D eigenvalue weighted by molar-refractivity contribution is -0.148. The molecule has 7 heteroatoms. The van der Waals surface area contributed by atoms with Gasteiger partial charge in [-0.25, -0.2) is 9.59 Å². The minimum absolute atomic E-state index is 0.517. The second-order valence-corrected chi connectivity index (χ2v) is 2.54. The Morgan fingerprint density at radius 2 is 1.47 bits per heavy atom. The number of carboxylic acid groups (broad SMARTS) is 3. The Morgan fingerprint density at radius 1 is 0.933 bits per heavy atom. The SMILES string of the molecule is O=C(O)CC(=CCC(=O)C(=O)O)C(=O)O. The fourth-order valence-electron chi connectivity index (χ4n) is 0.701. The van der Waals surface area contributed by atoms with Gasteiger partial charge < -0.3 is 15.3 Å². The number of aliphatic carboxylic acids is 3. The third-order valence-corrected chi connectivity index (χ3v) is 1.39. The van der Waals surface area contributed by atoms with Crippen molar-refractivity contribution in [1.29, 1.82) is 0 Å². The Kier molecular flexibility index (Phi) is 4.73. The fraction of sp³-hybridized carbons (Fsp3) is 0.250. The van der Waals surface area contributed by atoms with Crippen molar-refractivity contribution in [3.63, 3.8) is 0 Å². The first-order valence-corrected chi connectivity index (χ1v) is 3.74. The van der Waals surface area contributed by atoms with Crippen molar-refractivity contribution in [2.45, 2.75) is 12.8 Å². The monoisotopic (exact) mass is 216 g/mol. The molecule has 0 rings (SSSR count). The second-order valence-electron chi connectivity index (χ2n) is 2.54. The van der Waals surface area contributed by atoms with Crippen molar-refractivity contribution >= 4 is 23.7 Å². The van der Waals surface area contributed by atoms with Crippen LogP contribution >= 0.6 is 0 Å². The van der Waals surface area contributed by atoms with Gasteiger partial charge in [-0.05, 0) is 0 Å². The molecule has 0 aliphatic heterocycles. The highest BCUT2D eigenvalue weighted by Gasteiger charge is 2.14. The first kappa shape index (κ1) is 12.8. The second kappa shape index (κ2) is 5.53. The standard InChI is InChI=1S/C8H8O7/c9-5(8(14)15)2-1-4(7(12)13)3-6(10)11/h1H,2-3H2,(H,10,11)(H,12,13)(H,14,15). The summed E-state index contributed by atoms with van der Waals surface area (Å²) < 4.78 is 0. The van der Waals surface area contributed by atoms with E-state index in [-0.39, 0.29) is 0 Å². The van der Waals surface area contributed by atoms with E-state index in [4.69, 9.17) is 15.3 Å². The Hall–Kier alpha value is -2.18. The first-order chi connectivity index (χ1) is 6.84. The lowest BCUT2D eigenvalue weighted by Crippen LogP contribution is -2.12. The molecule has 0 aliphatic carbocycles. The van der Waals surface area contributed by atoms with Crippen molar-refractivity contribution in [2.75, 3.05) is 0 Å². The highest BCUT2D eigenvalue weighted by Crippen LogP contribution is 2.03. The number of ketones is 1. The van der Waals surface area contributed by atoms with Crippen LogP contribution in [-0.2, 0) is 19.2 Å². The molecule has 3 N–H and O–H groups in total. The maximum Gasteiger partial charge on any atom is 0.372 e. The van der Waals surface area contributed by atoms with E-state index in [9.17, 15) is 19.2 Å². The van der Waals surface area contributed by atoms with Gasteiger partial charge in [-0.2, -0.15) is 0 Å². The Morgan fingerprint density at radius 3 is 1.80 bits per heavy atom. The summed E-state index contributed by atoms with van der Waals surface area (Å²) >= 11 is 0. The van der Waals surface area contributed by atoms with Gasteiger partial charge >= 0.3 is 17.9 Å². The van der Waals surface area contributed by atoms with Crippen molar-refractivity contribution in [1.82, 2.24) is 0 Å². The summed E-state index contributed by atoms with van der Waals surface area (Å²) in [5.74, 6) is -5.74. The molecule has 0 aromatic heterocycles. The van der Waals surface area contributed by atoms with Gasteiger partial charge in [0.2, 0.25) is 5.78 Å². The highest BCUT2D eigenvalue weighted by molar-refractivity contribution is 6.33. The van der Waals surface area contributed by atoms with Gasteiger partial charge in [-0.15, -0.1) is 0 Å². The quantitative estimate of drug-likeness (QED) is 0.403. The molecule has 0 aliphatic rings. The van der Waals surface area contributed by atoms with E-state index in [1.54, 1.807) is 0 Å². The van der Waals surface area contributed by atoms with Crippen molar-refractivity contribution in [3.8, 4) is 0 Å². The van der Waals surface area contributed by atoms with Gasteiger partial charge in [0.05, 0.1) is 6.42 Å². The minimum atomic E-state index is -1.69. The average molecular weight is 216 g/mol. The highest BCUT2D eigenvalue weighted by atomic mass is 16.4. The van der Waals surface area contributed by atoms with Gasteiger partial charge in [0.1, 0.15) is 0 Å². The topological polar surface area (TPSA) is 129 Å². The van der Waals surface area contributed by atoms with Gasteiger partial charge in [0.15, 0.2) is 0 Å². The van der Waals surface area contributed by atoms with Gasteiger partial charge in [-0.1, -0.05) is 6.08 Å². The van der Waals surface area contributed by atoms with Crippen molar-refractivity contribution in [3.05, 3.63) is 11.6 Å². The summed E-state index contributed by atoms with van der Waals surface area (Å²) in [7, 11) is 0. The largest absolute Gasteiger partial charge is 0.481 e. The van der Waals surface area contributed by atoms with Gasteiger partial charge in [0.25, 0.3) is 0 Å². The number of hydrogen-bond donors (Lipinski definition) is 3. The molecule has 0 spiro atoms. The van der Waals surface area contributed by atoms with E-state index in [2.05, 4.69) is 0 Å². The minimum Gasteiger partial charge on any atom is -0.481 e. The molecule has 0 saturated carbocycles. The summed E-state index contributed by atoms with van der Waals surface area (Å²) in [6.45, 7) is 0. The normalized spacial score (nSPS) is 10.8. The Balaban J connectivity index is 4.56. The van der Waals surface area contributed by atoms with Crippen LogP contribution in [0.2, 0.25) is 0 Å². The van der Waals surface area contributed by atoms with Gasteiger partial charge in [0, 0.05) is 12.0 Å². The zero-order valence-corrected chi connectivity index (χ0v) is 7.47. The molecule has 0 bridgehead atoms. The van der Waals surface area contributed by atoms with Crippen LogP contribution in [0, 0.1) is 0 Å². The van der Waals surface area contributed by atoms with Crippen LogP contribution in [0.5, 0.6) is 0 Å². The third-order valence-electron chi connectivity index (χ3n) is 1.39. The van der Waals surface area contributed by atoms with Crippen LogP contribution in [0.15, 0.2) is 11.6 Å². The fourth-order valence-corrected chi connectivity index (χ4v) is 0.701. The first-order valence-electron chi connectivity index (χ1n) is 3.74. The average Bonchev–Trinajstić information content (AvgIpc) is 2.10. The van der Waals surface area contributed by atoms with Crippen LogP contribution < -0.4 is 0 Å². The molecule has 0 amide bonds. The molecule has 0 aromatic rings. The van der Waals surface area contributed by atoms with E-state index in [1.807, 2.05) is 0 Å². The predicted molar refractivity (Wildman–Crippen MR) is 45.2 cm³/mol. The lowest BCUT2D eigenvalue weighted by Gasteiger charge is -1.97. The zero-order valence-electron chi connectivity index (χ0n) is 7.47. The Bertz CT molecular complexity index is 339. The molecule has 7 nitrogen and oxygen atoms in total. The number of rotatable bonds is 6. The molecular weight excluding hydrogens is 208 g/mol. The predicted octanol–water partition coefficient (Wildman–Crippen LogP) is -0.484. The number of carbonyl (C=O) groups is 4. The molecule has 82 valence electrons. The van der Waals surface area contributed by atoms with Crippen LogP contribution in [0.25, 0.3) is 0 Å². The van der Waals surface area contributed by atoms with E-state index >= 15 is 0 Å². The van der Waals surface area contributed by atoms with Crippen LogP contribution in [0.3, 0.4) is 0 Å². The van der Waals surface area contributed by atoms with E-state index < -0.39 is 42.1 Å². The lowest BCUT2D eigenvalue weighted by atomic mass is 10.1. The maximum absolute atomic E-state index is 10.6. The van der Waals surface area contributed by atoms with Crippen LogP contribution in [0.4, 0.5) is 0 Å². The maximum atomic E-state index is 10.6. The van der Waals surface area contributed by atoms with Crippen LogP contribution in [-0.4, -0.2) is 39.0 Å². The zero-order chi connectivity index (χ0) is 12.0. The summed E-state index contributed by atoms with van der Waals surface area (Å²) in [6, 6.07) is 0. The molecule has 0 aromatic carbocycles.